The number of ether oxygens (including phenoxy) is 1. The molecular formula is C17H31NO2Si. The summed E-state index contributed by atoms with van der Waals surface area (Å²) in [6.07, 6.45) is 9.47. The molecule has 1 aromatic rings. The van der Waals surface area contributed by atoms with Crippen LogP contribution in [0.25, 0.3) is 0 Å². The van der Waals surface area contributed by atoms with Crippen molar-refractivity contribution in [1.82, 2.24) is 4.57 Å². The van der Waals surface area contributed by atoms with E-state index >= 15 is 0 Å². The predicted molar refractivity (Wildman–Crippen MR) is 90.6 cm³/mol. The smallest absolute Gasteiger partial charge is 0.192 e. The molecular weight excluding hydrogens is 278 g/mol. The fourth-order valence-corrected chi connectivity index (χ4v) is 4.22. The Balaban J connectivity index is 1.89. The minimum Gasteiger partial charge on any atom is -0.495 e. The van der Waals surface area contributed by atoms with Crippen LogP contribution < -0.4 is 4.74 Å². The van der Waals surface area contributed by atoms with Crippen LogP contribution in [0.15, 0.2) is 18.5 Å². The van der Waals surface area contributed by atoms with E-state index < -0.39 is 8.32 Å². The van der Waals surface area contributed by atoms with E-state index in [-0.39, 0.29) is 0 Å². The molecule has 0 spiro atoms. The van der Waals surface area contributed by atoms with Crippen molar-refractivity contribution in [2.75, 3.05) is 7.11 Å². The molecule has 0 unspecified atom stereocenters. The molecule has 2 rings (SSSR count). The number of methoxy groups -OCH3 is 1. The van der Waals surface area contributed by atoms with Crippen LogP contribution in [0.4, 0.5) is 0 Å². The Hall–Kier alpha value is -0.743. The molecule has 0 radical (unpaired) electrons. The van der Waals surface area contributed by atoms with Crippen molar-refractivity contribution in [3.05, 3.63) is 18.5 Å². The average Bonchev–Trinajstić information content (AvgIpc) is 2.86. The first-order valence-electron chi connectivity index (χ1n) is 8.12. The monoisotopic (exact) mass is 309 g/mol. The maximum Gasteiger partial charge on any atom is 0.192 e. The van der Waals surface area contributed by atoms with Gasteiger partial charge < -0.3 is 13.7 Å². The van der Waals surface area contributed by atoms with Crippen LogP contribution in [0.5, 0.6) is 5.75 Å². The number of hydrogen-bond donors (Lipinski definition) is 0. The van der Waals surface area contributed by atoms with Gasteiger partial charge in [0.15, 0.2) is 8.32 Å². The molecule has 1 heterocycles. The van der Waals surface area contributed by atoms with Gasteiger partial charge in [0, 0.05) is 24.5 Å². The third-order valence-corrected chi connectivity index (χ3v) is 9.79. The highest BCUT2D eigenvalue weighted by Crippen LogP contribution is 2.40. The SMILES string of the molecule is COc1ccn(C2CCC(O[Si](C)(C)C(C)(C)C)CC2)c1. The van der Waals surface area contributed by atoms with E-state index in [0.717, 1.165) is 5.75 Å². The third kappa shape index (κ3) is 3.92. The number of hydrogen-bond acceptors (Lipinski definition) is 2. The lowest BCUT2D eigenvalue weighted by molar-refractivity contribution is 0.118. The van der Waals surface area contributed by atoms with Gasteiger partial charge in [0.2, 0.25) is 0 Å². The van der Waals surface area contributed by atoms with Crippen molar-refractivity contribution in [1.29, 1.82) is 0 Å². The molecule has 21 heavy (non-hydrogen) atoms. The highest BCUT2D eigenvalue weighted by Gasteiger charge is 2.39. The molecule has 1 saturated carbocycles. The maximum atomic E-state index is 6.56. The highest BCUT2D eigenvalue weighted by molar-refractivity contribution is 6.74. The van der Waals surface area contributed by atoms with Crippen LogP contribution in [0.3, 0.4) is 0 Å². The third-order valence-electron chi connectivity index (χ3n) is 5.26. The molecule has 4 heteroatoms. The Morgan fingerprint density at radius 2 is 1.76 bits per heavy atom. The van der Waals surface area contributed by atoms with Crippen LogP contribution in [-0.4, -0.2) is 26.1 Å². The summed E-state index contributed by atoms with van der Waals surface area (Å²) in [4.78, 5) is 0. The van der Waals surface area contributed by atoms with Gasteiger partial charge in [-0.1, -0.05) is 20.8 Å². The lowest BCUT2D eigenvalue weighted by Crippen LogP contribution is -2.44. The van der Waals surface area contributed by atoms with Gasteiger partial charge in [-0.2, -0.15) is 0 Å². The molecule has 0 aliphatic heterocycles. The summed E-state index contributed by atoms with van der Waals surface area (Å²) in [6.45, 7) is 11.7. The van der Waals surface area contributed by atoms with Gasteiger partial charge in [0.25, 0.3) is 0 Å². The van der Waals surface area contributed by atoms with Gasteiger partial charge in [-0.3, -0.25) is 0 Å². The lowest BCUT2D eigenvalue weighted by Gasteiger charge is -2.41. The summed E-state index contributed by atoms with van der Waals surface area (Å²) in [5, 5.41) is 0.303. The molecule has 0 atom stereocenters. The second-order valence-corrected chi connectivity index (χ2v) is 12.6. The first kappa shape index (κ1) is 16.6. The standard InChI is InChI=1S/C17H31NO2Si/c1-17(2,3)21(5,6)20-15-9-7-14(8-10-15)18-12-11-16(13-18)19-4/h11-15H,7-10H2,1-6H3. The summed E-state index contributed by atoms with van der Waals surface area (Å²) in [5.41, 5.74) is 0. The molecule has 0 saturated heterocycles. The molecule has 3 nitrogen and oxygen atoms in total. The molecule has 120 valence electrons. The molecule has 1 aliphatic rings. The minimum atomic E-state index is -1.62. The second-order valence-electron chi connectivity index (χ2n) is 7.81. The van der Waals surface area contributed by atoms with E-state index in [0.29, 0.717) is 17.2 Å². The highest BCUT2D eigenvalue weighted by atomic mass is 28.4. The van der Waals surface area contributed by atoms with Gasteiger partial charge in [0.05, 0.1) is 7.11 Å². The summed E-state index contributed by atoms with van der Waals surface area (Å²) in [5.74, 6) is 0.953. The summed E-state index contributed by atoms with van der Waals surface area (Å²) >= 11 is 0. The summed E-state index contributed by atoms with van der Waals surface area (Å²) in [6, 6.07) is 2.64. The Labute approximate surface area is 130 Å². The maximum absolute atomic E-state index is 6.56. The topological polar surface area (TPSA) is 23.4 Å². The molecule has 0 amide bonds. The van der Waals surface area contributed by atoms with Crippen molar-refractivity contribution in [3.8, 4) is 5.75 Å². The number of nitrogens with zero attached hydrogens (tertiary/aromatic N) is 1. The van der Waals surface area contributed by atoms with E-state index in [9.17, 15) is 0 Å². The molecule has 0 bridgehead atoms. The van der Waals surface area contributed by atoms with Crippen LogP contribution >= 0.6 is 0 Å². The van der Waals surface area contributed by atoms with Gasteiger partial charge >= 0.3 is 0 Å². The van der Waals surface area contributed by atoms with Gasteiger partial charge in [-0.15, -0.1) is 0 Å². The van der Waals surface area contributed by atoms with Crippen molar-refractivity contribution in [2.24, 2.45) is 0 Å². The van der Waals surface area contributed by atoms with Gasteiger partial charge in [-0.25, -0.2) is 0 Å². The van der Waals surface area contributed by atoms with Crippen LogP contribution in [0.2, 0.25) is 18.1 Å². The predicted octanol–water partition coefficient (Wildman–Crippen LogP) is 5.00. The van der Waals surface area contributed by atoms with Crippen molar-refractivity contribution < 1.29 is 9.16 Å². The van der Waals surface area contributed by atoms with E-state index in [1.807, 2.05) is 6.07 Å². The number of aromatic nitrogens is 1. The minimum absolute atomic E-state index is 0.303. The Kier molecular flexibility index (Phi) is 4.88. The lowest BCUT2D eigenvalue weighted by atomic mass is 9.93. The normalized spacial score (nSPS) is 24.1. The van der Waals surface area contributed by atoms with E-state index in [1.54, 1.807) is 7.11 Å². The molecule has 0 aromatic carbocycles. The van der Waals surface area contributed by atoms with Crippen LogP contribution in [0, 0.1) is 0 Å². The van der Waals surface area contributed by atoms with Crippen LogP contribution in [0.1, 0.15) is 52.5 Å². The van der Waals surface area contributed by atoms with Crippen molar-refractivity contribution in [2.45, 2.75) is 76.7 Å². The summed E-state index contributed by atoms with van der Waals surface area (Å²) in [7, 11) is 0.104. The molecule has 1 aromatic heterocycles. The fourth-order valence-electron chi connectivity index (χ4n) is 2.80. The first-order chi connectivity index (χ1) is 9.73. The van der Waals surface area contributed by atoms with Crippen molar-refractivity contribution in [3.63, 3.8) is 0 Å². The van der Waals surface area contributed by atoms with Gasteiger partial charge in [-0.05, 0) is 49.9 Å². The van der Waals surface area contributed by atoms with Gasteiger partial charge in [0.1, 0.15) is 5.75 Å². The number of rotatable bonds is 4. The molecule has 1 fully saturated rings. The second kappa shape index (κ2) is 6.17. The zero-order valence-electron chi connectivity index (χ0n) is 14.5. The quantitative estimate of drug-likeness (QED) is 0.730. The first-order valence-corrected chi connectivity index (χ1v) is 11.0. The van der Waals surface area contributed by atoms with E-state index in [4.69, 9.17) is 9.16 Å². The average molecular weight is 310 g/mol. The van der Waals surface area contributed by atoms with Crippen LogP contribution in [-0.2, 0) is 4.43 Å². The van der Waals surface area contributed by atoms with E-state index in [1.165, 1.54) is 25.7 Å². The molecule has 1 aliphatic carbocycles. The zero-order chi connectivity index (χ0) is 15.7. The Morgan fingerprint density at radius 3 is 2.24 bits per heavy atom. The molecule has 0 N–H and O–H groups in total. The summed E-state index contributed by atoms with van der Waals surface area (Å²) < 4.78 is 14.1. The largest absolute Gasteiger partial charge is 0.495 e. The Bertz CT molecular complexity index is 454. The van der Waals surface area contributed by atoms with E-state index in [2.05, 4.69) is 50.8 Å². The van der Waals surface area contributed by atoms with Crippen molar-refractivity contribution >= 4 is 8.32 Å². The zero-order valence-corrected chi connectivity index (χ0v) is 15.5. The Morgan fingerprint density at radius 1 is 1.14 bits per heavy atom. The fraction of sp³-hybridized carbons (Fsp3) is 0.765.